The fraction of sp³-hybridized carbons (Fsp3) is 0.364. The minimum Gasteiger partial charge on any atom is -0.352 e. The summed E-state index contributed by atoms with van der Waals surface area (Å²) in [7, 11) is 0. The van der Waals surface area contributed by atoms with Gasteiger partial charge in [0.25, 0.3) is 5.91 Å². The molecular formula is C11H10BrF3N4O. The summed E-state index contributed by atoms with van der Waals surface area (Å²) in [6.07, 6.45) is -4.09. The topological polar surface area (TPSA) is 77.9 Å². The predicted octanol–water partition coefficient (Wildman–Crippen LogP) is 3.90. The zero-order valence-electron chi connectivity index (χ0n) is 10.1. The van der Waals surface area contributed by atoms with Gasteiger partial charge in [0.05, 0.1) is 11.1 Å². The van der Waals surface area contributed by atoms with Gasteiger partial charge < -0.3 is 5.32 Å². The maximum atomic E-state index is 12.6. The van der Waals surface area contributed by atoms with Crippen molar-refractivity contribution in [3.05, 3.63) is 44.2 Å². The van der Waals surface area contributed by atoms with Gasteiger partial charge >= 0.3 is 6.18 Å². The molecule has 20 heavy (non-hydrogen) atoms. The summed E-state index contributed by atoms with van der Waals surface area (Å²) in [6.45, 7) is 0.418. The van der Waals surface area contributed by atoms with Crippen molar-refractivity contribution >= 4 is 21.8 Å². The third-order valence-corrected chi connectivity index (χ3v) is 3.01. The van der Waals surface area contributed by atoms with Crippen LogP contribution in [-0.2, 0) is 6.18 Å². The van der Waals surface area contributed by atoms with Gasteiger partial charge in [-0.1, -0.05) is 5.11 Å². The van der Waals surface area contributed by atoms with E-state index in [1.165, 1.54) is 6.07 Å². The lowest BCUT2D eigenvalue weighted by Crippen LogP contribution is -2.25. The first-order valence-corrected chi connectivity index (χ1v) is 6.31. The van der Waals surface area contributed by atoms with Crippen LogP contribution in [-0.4, -0.2) is 19.0 Å². The Morgan fingerprint density at radius 2 is 2.15 bits per heavy atom. The van der Waals surface area contributed by atoms with Crippen LogP contribution in [0, 0.1) is 0 Å². The molecule has 0 atom stereocenters. The molecule has 0 unspecified atom stereocenters. The molecule has 0 saturated carbocycles. The Labute approximate surface area is 120 Å². The Hall–Kier alpha value is -1.73. The van der Waals surface area contributed by atoms with Gasteiger partial charge in [0.15, 0.2) is 0 Å². The number of halogens is 4. The number of alkyl halides is 3. The van der Waals surface area contributed by atoms with E-state index in [9.17, 15) is 18.0 Å². The number of nitrogens with zero attached hydrogens (tertiary/aromatic N) is 3. The molecule has 0 bridgehead atoms. The molecule has 0 saturated heterocycles. The molecule has 0 heterocycles. The quantitative estimate of drug-likeness (QED) is 0.371. The van der Waals surface area contributed by atoms with E-state index in [-0.39, 0.29) is 23.1 Å². The second kappa shape index (κ2) is 7.16. The predicted molar refractivity (Wildman–Crippen MR) is 70.1 cm³/mol. The third kappa shape index (κ3) is 4.75. The van der Waals surface area contributed by atoms with Gasteiger partial charge in [-0.15, -0.1) is 0 Å². The Morgan fingerprint density at radius 1 is 1.45 bits per heavy atom. The van der Waals surface area contributed by atoms with Crippen molar-refractivity contribution in [3.63, 3.8) is 0 Å². The third-order valence-electron chi connectivity index (χ3n) is 2.32. The molecule has 0 fully saturated rings. The molecule has 0 aliphatic rings. The molecule has 0 radical (unpaired) electrons. The first-order chi connectivity index (χ1) is 9.36. The number of benzene rings is 1. The van der Waals surface area contributed by atoms with E-state index in [0.717, 1.165) is 12.1 Å². The minimum atomic E-state index is -4.50. The molecule has 0 spiro atoms. The van der Waals surface area contributed by atoms with Gasteiger partial charge in [0, 0.05) is 22.5 Å². The van der Waals surface area contributed by atoms with E-state index < -0.39 is 17.6 Å². The van der Waals surface area contributed by atoms with E-state index in [4.69, 9.17) is 5.53 Å². The average Bonchev–Trinajstić information content (AvgIpc) is 2.37. The molecule has 5 nitrogen and oxygen atoms in total. The number of amides is 1. The molecule has 9 heteroatoms. The monoisotopic (exact) mass is 350 g/mol. The number of rotatable bonds is 5. The Bertz CT molecular complexity index is 541. The lowest BCUT2D eigenvalue weighted by Gasteiger charge is -2.10. The number of nitrogens with one attached hydrogen (secondary N) is 1. The Balaban J connectivity index is 2.74. The van der Waals surface area contributed by atoms with Crippen LogP contribution in [0.4, 0.5) is 13.2 Å². The minimum absolute atomic E-state index is 0.0939. The second-order valence-electron chi connectivity index (χ2n) is 3.76. The number of hydrogen-bond donors (Lipinski definition) is 1. The highest BCUT2D eigenvalue weighted by Crippen LogP contribution is 2.31. The van der Waals surface area contributed by atoms with Crippen LogP contribution < -0.4 is 5.32 Å². The zero-order chi connectivity index (χ0) is 15.2. The summed E-state index contributed by atoms with van der Waals surface area (Å²) in [5.41, 5.74) is 7.07. The van der Waals surface area contributed by atoms with E-state index in [2.05, 4.69) is 31.3 Å². The normalized spacial score (nSPS) is 10.8. The average molecular weight is 351 g/mol. The van der Waals surface area contributed by atoms with Gasteiger partial charge in [0.2, 0.25) is 0 Å². The first-order valence-electron chi connectivity index (χ1n) is 5.52. The summed E-state index contributed by atoms with van der Waals surface area (Å²) in [6, 6.07) is 2.85. The van der Waals surface area contributed by atoms with Crippen molar-refractivity contribution in [2.24, 2.45) is 5.11 Å². The highest BCUT2D eigenvalue weighted by Gasteiger charge is 2.31. The van der Waals surface area contributed by atoms with Gasteiger partial charge in [-0.3, -0.25) is 4.79 Å². The molecule has 1 aromatic carbocycles. The summed E-state index contributed by atoms with van der Waals surface area (Å²) < 4.78 is 38.0. The maximum Gasteiger partial charge on any atom is 0.416 e. The molecule has 108 valence electrons. The largest absolute Gasteiger partial charge is 0.416 e. The summed E-state index contributed by atoms with van der Waals surface area (Å²) >= 11 is 3.04. The molecule has 1 amide bonds. The fourth-order valence-corrected chi connectivity index (χ4v) is 1.79. The lowest BCUT2D eigenvalue weighted by atomic mass is 10.1. The summed E-state index contributed by atoms with van der Waals surface area (Å²) in [4.78, 5) is 14.3. The number of hydrogen-bond acceptors (Lipinski definition) is 2. The molecule has 0 aliphatic carbocycles. The van der Waals surface area contributed by atoms with Crippen molar-refractivity contribution in [3.8, 4) is 0 Å². The number of azide groups is 1. The van der Waals surface area contributed by atoms with Crippen LogP contribution in [0.5, 0.6) is 0 Å². The Kier molecular flexibility index (Phi) is 5.84. The van der Waals surface area contributed by atoms with Crippen LogP contribution >= 0.6 is 15.9 Å². The number of carbonyl (C=O) groups excluding carboxylic acids is 1. The fourth-order valence-electron chi connectivity index (χ4n) is 1.37. The highest BCUT2D eigenvalue weighted by molar-refractivity contribution is 9.10. The zero-order valence-corrected chi connectivity index (χ0v) is 11.7. The van der Waals surface area contributed by atoms with Gasteiger partial charge in [0.1, 0.15) is 0 Å². The van der Waals surface area contributed by atoms with Gasteiger partial charge in [-0.2, -0.15) is 13.2 Å². The summed E-state index contributed by atoms with van der Waals surface area (Å²) in [5.74, 6) is -0.621. The molecular weight excluding hydrogens is 341 g/mol. The van der Waals surface area contributed by atoms with E-state index in [1.807, 2.05) is 0 Å². The molecule has 1 N–H and O–H groups in total. The maximum absolute atomic E-state index is 12.6. The second-order valence-corrected chi connectivity index (χ2v) is 4.61. The summed E-state index contributed by atoms with van der Waals surface area (Å²) in [5, 5.41) is 5.73. The standard InChI is InChI=1S/C11H10BrF3N4O/c12-9-3-2-7(11(13,14)15)6-8(9)10(20)17-4-1-5-18-19-16/h2-3,6H,1,4-5H2,(H,17,20). The van der Waals surface area contributed by atoms with E-state index in [1.54, 1.807) is 0 Å². The van der Waals surface area contributed by atoms with Gasteiger partial charge in [-0.25, -0.2) is 0 Å². The highest BCUT2D eigenvalue weighted by atomic mass is 79.9. The van der Waals surface area contributed by atoms with Crippen molar-refractivity contribution in [2.45, 2.75) is 12.6 Å². The molecule has 0 aromatic heterocycles. The van der Waals surface area contributed by atoms with Crippen LogP contribution in [0.25, 0.3) is 10.4 Å². The molecule has 1 rings (SSSR count). The lowest BCUT2D eigenvalue weighted by molar-refractivity contribution is -0.137. The smallest absolute Gasteiger partial charge is 0.352 e. The van der Waals surface area contributed by atoms with Crippen molar-refractivity contribution < 1.29 is 18.0 Å². The Morgan fingerprint density at radius 3 is 2.75 bits per heavy atom. The van der Waals surface area contributed by atoms with Crippen LogP contribution in [0.1, 0.15) is 22.3 Å². The van der Waals surface area contributed by atoms with Crippen molar-refractivity contribution in [1.29, 1.82) is 0 Å². The van der Waals surface area contributed by atoms with E-state index >= 15 is 0 Å². The van der Waals surface area contributed by atoms with Crippen LogP contribution in [0.2, 0.25) is 0 Å². The first kappa shape index (κ1) is 16.3. The number of carbonyl (C=O) groups is 1. The van der Waals surface area contributed by atoms with Crippen molar-refractivity contribution in [2.75, 3.05) is 13.1 Å². The SMILES string of the molecule is [N-]=[N+]=NCCCNC(=O)c1cc(C(F)(F)F)ccc1Br. The van der Waals surface area contributed by atoms with Crippen LogP contribution in [0.15, 0.2) is 27.8 Å². The molecule has 1 aromatic rings. The van der Waals surface area contributed by atoms with Crippen LogP contribution in [0.3, 0.4) is 0 Å². The van der Waals surface area contributed by atoms with Gasteiger partial charge in [-0.05, 0) is 46.1 Å². The molecule has 0 aliphatic heterocycles. The van der Waals surface area contributed by atoms with E-state index in [0.29, 0.717) is 6.42 Å². The van der Waals surface area contributed by atoms with Crippen molar-refractivity contribution in [1.82, 2.24) is 5.32 Å².